The van der Waals surface area contributed by atoms with Crippen molar-refractivity contribution in [3.8, 4) is 6.07 Å². The maximum atomic E-state index is 13.2. The van der Waals surface area contributed by atoms with Gasteiger partial charge in [0.15, 0.2) is 5.65 Å². The van der Waals surface area contributed by atoms with Gasteiger partial charge in [0.05, 0.1) is 28.3 Å². The van der Waals surface area contributed by atoms with Gasteiger partial charge in [-0.2, -0.15) is 23.5 Å². The molecule has 29 heavy (non-hydrogen) atoms. The van der Waals surface area contributed by atoms with Crippen molar-refractivity contribution in [3.63, 3.8) is 0 Å². The largest absolute Gasteiger partial charge is 0.406 e. The number of fused-ring (bicyclic) bond motifs is 1. The van der Waals surface area contributed by atoms with E-state index in [-0.39, 0.29) is 12.1 Å². The number of amides is 1. The van der Waals surface area contributed by atoms with Gasteiger partial charge in [0.25, 0.3) is 5.91 Å². The molecule has 0 fully saturated rings. The van der Waals surface area contributed by atoms with Crippen LogP contribution in [0.15, 0.2) is 30.3 Å². The number of benzene rings is 1. The van der Waals surface area contributed by atoms with Gasteiger partial charge in [-0.1, -0.05) is 12.1 Å². The average molecular weight is 401 g/mol. The first-order valence-corrected chi connectivity index (χ1v) is 8.75. The fourth-order valence-electron chi connectivity index (χ4n) is 3.23. The van der Waals surface area contributed by atoms with E-state index < -0.39 is 18.6 Å². The molecule has 9 heteroatoms. The second kappa shape index (κ2) is 7.54. The maximum Gasteiger partial charge on any atom is 0.406 e. The first-order valence-electron chi connectivity index (χ1n) is 8.75. The molecule has 0 aliphatic carbocycles. The molecule has 0 aliphatic heterocycles. The highest BCUT2D eigenvalue weighted by atomic mass is 19.4. The van der Waals surface area contributed by atoms with E-state index in [0.717, 1.165) is 4.90 Å². The zero-order valence-electron chi connectivity index (χ0n) is 16.1. The number of nitrogens with zero attached hydrogens (tertiary/aromatic N) is 5. The SMILES string of the molecule is Cc1cc(C(=O)N(Cc2ccc(C#N)cc2)CC(F)(F)F)c2c(C)nn(C)c2n1. The van der Waals surface area contributed by atoms with E-state index in [2.05, 4.69) is 10.1 Å². The third-order valence-corrected chi connectivity index (χ3v) is 4.44. The summed E-state index contributed by atoms with van der Waals surface area (Å²) in [6.45, 7) is 1.72. The molecule has 0 saturated carbocycles. The standard InChI is InChI=1S/C20H18F3N5O/c1-12-8-16(17-13(2)26-27(3)18(17)25-12)19(29)28(11-20(21,22)23)10-15-6-4-14(9-24)5-7-15/h4-8H,10-11H2,1-3H3. The number of alkyl halides is 3. The summed E-state index contributed by atoms with van der Waals surface area (Å²) in [5, 5.41) is 13.6. The van der Waals surface area contributed by atoms with E-state index in [1.807, 2.05) is 6.07 Å². The van der Waals surface area contributed by atoms with Gasteiger partial charge in [-0.15, -0.1) is 0 Å². The summed E-state index contributed by atoms with van der Waals surface area (Å²) in [6, 6.07) is 9.53. The normalized spacial score (nSPS) is 11.5. The first kappa shape index (κ1) is 20.3. The number of aryl methyl sites for hydroxylation is 3. The van der Waals surface area contributed by atoms with Gasteiger partial charge in [0.1, 0.15) is 6.54 Å². The van der Waals surface area contributed by atoms with Gasteiger partial charge in [-0.25, -0.2) is 4.98 Å². The van der Waals surface area contributed by atoms with Gasteiger partial charge < -0.3 is 4.90 Å². The summed E-state index contributed by atoms with van der Waals surface area (Å²) in [5.74, 6) is -0.752. The van der Waals surface area contributed by atoms with E-state index in [0.29, 0.717) is 33.5 Å². The second-order valence-corrected chi connectivity index (χ2v) is 6.80. The molecule has 0 radical (unpaired) electrons. The monoisotopic (exact) mass is 401 g/mol. The first-order chi connectivity index (χ1) is 13.6. The molecule has 0 saturated heterocycles. The average Bonchev–Trinajstić information content (AvgIpc) is 2.93. The van der Waals surface area contributed by atoms with Crippen LogP contribution in [0.5, 0.6) is 0 Å². The minimum absolute atomic E-state index is 0.135. The summed E-state index contributed by atoms with van der Waals surface area (Å²) in [4.78, 5) is 18.3. The Bertz CT molecular complexity index is 1110. The van der Waals surface area contributed by atoms with E-state index in [4.69, 9.17) is 5.26 Å². The molecule has 0 spiro atoms. The predicted octanol–water partition coefficient (Wildman–Crippen LogP) is 3.66. The molecule has 2 heterocycles. The number of nitriles is 1. The highest BCUT2D eigenvalue weighted by Gasteiger charge is 2.34. The molecule has 1 amide bonds. The zero-order chi connectivity index (χ0) is 21.3. The van der Waals surface area contributed by atoms with Crippen molar-refractivity contribution < 1.29 is 18.0 Å². The van der Waals surface area contributed by atoms with Crippen LogP contribution in [0.3, 0.4) is 0 Å². The molecule has 2 aromatic heterocycles. The Kier molecular flexibility index (Phi) is 5.29. The minimum atomic E-state index is -4.56. The number of pyridine rings is 1. The van der Waals surface area contributed by atoms with E-state index in [1.54, 1.807) is 20.9 Å². The van der Waals surface area contributed by atoms with Gasteiger partial charge >= 0.3 is 6.18 Å². The van der Waals surface area contributed by atoms with Gasteiger partial charge in [-0.05, 0) is 37.6 Å². The van der Waals surface area contributed by atoms with Gasteiger partial charge in [-0.3, -0.25) is 9.48 Å². The zero-order valence-corrected chi connectivity index (χ0v) is 16.1. The minimum Gasteiger partial charge on any atom is -0.325 e. The smallest absolute Gasteiger partial charge is 0.325 e. The van der Waals surface area contributed by atoms with Crippen molar-refractivity contribution in [1.29, 1.82) is 5.26 Å². The van der Waals surface area contributed by atoms with Crippen molar-refractivity contribution in [2.45, 2.75) is 26.6 Å². The number of aromatic nitrogens is 3. The van der Waals surface area contributed by atoms with Gasteiger partial charge in [0.2, 0.25) is 0 Å². The molecule has 3 aromatic rings. The Morgan fingerprint density at radius 2 is 1.90 bits per heavy atom. The lowest BCUT2D eigenvalue weighted by Gasteiger charge is -2.24. The summed E-state index contributed by atoms with van der Waals surface area (Å²) >= 11 is 0. The topological polar surface area (TPSA) is 74.8 Å². The third-order valence-electron chi connectivity index (χ3n) is 4.44. The van der Waals surface area contributed by atoms with Crippen LogP contribution in [0.25, 0.3) is 11.0 Å². The molecular weight excluding hydrogens is 383 g/mol. The number of hydrogen-bond donors (Lipinski definition) is 0. The Morgan fingerprint density at radius 3 is 2.48 bits per heavy atom. The molecule has 6 nitrogen and oxygen atoms in total. The lowest BCUT2D eigenvalue weighted by molar-refractivity contribution is -0.141. The maximum absolute atomic E-state index is 13.2. The van der Waals surface area contributed by atoms with Crippen LogP contribution >= 0.6 is 0 Å². The number of halogens is 3. The number of carbonyl (C=O) groups excluding carboxylic acids is 1. The number of carbonyl (C=O) groups is 1. The number of hydrogen-bond acceptors (Lipinski definition) is 4. The van der Waals surface area contributed by atoms with Crippen LogP contribution in [0.4, 0.5) is 13.2 Å². The molecule has 0 aliphatic rings. The van der Waals surface area contributed by atoms with E-state index in [9.17, 15) is 18.0 Å². The molecular formula is C20H18F3N5O. The van der Waals surface area contributed by atoms with Crippen molar-refractivity contribution in [2.24, 2.45) is 7.05 Å². The van der Waals surface area contributed by atoms with Crippen LogP contribution in [0.2, 0.25) is 0 Å². The van der Waals surface area contributed by atoms with Crippen LogP contribution in [0, 0.1) is 25.2 Å². The van der Waals surface area contributed by atoms with Gasteiger partial charge in [0, 0.05) is 19.3 Å². The van der Waals surface area contributed by atoms with Crippen LogP contribution in [0.1, 0.15) is 32.9 Å². The van der Waals surface area contributed by atoms with Crippen molar-refractivity contribution in [1.82, 2.24) is 19.7 Å². The molecule has 0 N–H and O–H groups in total. The predicted molar refractivity (Wildman–Crippen MR) is 99.9 cm³/mol. The lowest BCUT2D eigenvalue weighted by atomic mass is 10.1. The summed E-state index contributed by atoms with van der Waals surface area (Å²) in [6.07, 6.45) is -4.56. The Labute approximate surface area is 165 Å². The van der Waals surface area contributed by atoms with Crippen molar-refractivity contribution in [2.75, 3.05) is 6.54 Å². The molecule has 0 bridgehead atoms. The Balaban J connectivity index is 2.05. The second-order valence-electron chi connectivity index (χ2n) is 6.80. The lowest BCUT2D eigenvalue weighted by Crippen LogP contribution is -2.38. The fraction of sp³-hybridized carbons (Fsp3) is 0.300. The van der Waals surface area contributed by atoms with Crippen molar-refractivity contribution in [3.05, 3.63) is 58.4 Å². The quantitative estimate of drug-likeness (QED) is 0.669. The molecule has 1 aromatic carbocycles. The molecule has 0 unspecified atom stereocenters. The van der Waals surface area contributed by atoms with Crippen molar-refractivity contribution >= 4 is 16.9 Å². The Hall–Kier alpha value is -3.41. The summed E-state index contributed by atoms with van der Waals surface area (Å²) in [7, 11) is 1.67. The molecule has 0 atom stereocenters. The summed E-state index contributed by atoms with van der Waals surface area (Å²) < 4.78 is 41.1. The van der Waals surface area contributed by atoms with E-state index in [1.165, 1.54) is 35.0 Å². The summed E-state index contributed by atoms with van der Waals surface area (Å²) in [5.41, 5.74) is 2.48. The fourth-order valence-corrected chi connectivity index (χ4v) is 3.23. The van der Waals surface area contributed by atoms with Crippen LogP contribution in [-0.2, 0) is 13.6 Å². The molecule has 150 valence electrons. The number of rotatable bonds is 4. The van der Waals surface area contributed by atoms with Crippen LogP contribution in [-0.4, -0.2) is 38.3 Å². The highest BCUT2D eigenvalue weighted by molar-refractivity contribution is 6.06. The Morgan fingerprint density at radius 1 is 1.24 bits per heavy atom. The van der Waals surface area contributed by atoms with Crippen LogP contribution < -0.4 is 0 Å². The molecule has 3 rings (SSSR count). The highest BCUT2D eigenvalue weighted by Crippen LogP contribution is 2.26. The third kappa shape index (κ3) is 4.37. The van der Waals surface area contributed by atoms with E-state index >= 15 is 0 Å².